The Kier molecular flexibility index (Phi) is 9.09. The van der Waals surface area contributed by atoms with Crippen molar-refractivity contribution in [2.75, 3.05) is 12.3 Å². The molecule has 2 unspecified atom stereocenters. The normalized spacial score (nSPS) is 17.4. The van der Waals surface area contributed by atoms with Crippen LogP contribution in [0.25, 0.3) is 11.1 Å². The first kappa shape index (κ1) is 28.8. The van der Waals surface area contributed by atoms with E-state index in [0.717, 1.165) is 11.1 Å². The van der Waals surface area contributed by atoms with Crippen molar-refractivity contribution in [1.82, 2.24) is 9.62 Å². The first-order valence-electron chi connectivity index (χ1n) is 12.8. The molecule has 1 saturated heterocycles. The molecule has 10 heteroatoms. The summed E-state index contributed by atoms with van der Waals surface area (Å²) in [5.41, 5.74) is 0.649. The SMILES string of the molecule is CCCC(=O)OC(CC)(NC(=O)C1SCCN1S(=O)(=O)c1ccc(-c2ccccc2)cc1)c1ccc(F)cc1. The largest absolute Gasteiger partial charge is 0.435 e. The molecule has 7 nitrogen and oxygen atoms in total. The maximum Gasteiger partial charge on any atom is 0.308 e. The summed E-state index contributed by atoms with van der Waals surface area (Å²) in [5, 5.41) is 1.73. The number of benzene rings is 3. The molecule has 1 amide bonds. The van der Waals surface area contributed by atoms with E-state index in [1.807, 2.05) is 37.3 Å². The minimum absolute atomic E-state index is 0.0807. The number of ether oxygens (including phenoxy) is 1. The number of carbonyl (C=O) groups excluding carboxylic acids is 2. The standard InChI is InChI=1S/C29H31FN2O5S2/c1-3-8-26(33)37-29(4-2,23-13-15-24(30)16-14-23)31-27(34)28-32(19-20-38-28)39(35,36)25-17-11-22(12-18-25)21-9-6-5-7-10-21/h5-7,9-18,28H,3-4,8,19-20H2,1-2H3,(H,31,34). The van der Waals surface area contributed by atoms with Crippen molar-refractivity contribution >= 4 is 33.7 Å². The molecule has 0 radical (unpaired) electrons. The quantitative estimate of drug-likeness (QED) is 0.263. The van der Waals surface area contributed by atoms with Gasteiger partial charge in [-0.15, -0.1) is 11.8 Å². The molecule has 0 spiro atoms. The van der Waals surface area contributed by atoms with E-state index in [9.17, 15) is 22.4 Å². The first-order chi connectivity index (χ1) is 18.7. The number of thioether (sulfide) groups is 1. The number of esters is 1. The molecule has 1 N–H and O–H groups in total. The van der Waals surface area contributed by atoms with Crippen LogP contribution >= 0.6 is 11.8 Å². The fourth-order valence-corrected chi connectivity index (χ4v) is 7.52. The van der Waals surface area contributed by atoms with E-state index in [0.29, 0.717) is 17.7 Å². The monoisotopic (exact) mass is 570 g/mol. The van der Waals surface area contributed by atoms with Gasteiger partial charge in [-0.2, -0.15) is 4.31 Å². The van der Waals surface area contributed by atoms with Crippen LogP contribution in [-0.4, -0.2) is 42.3 Å². The van der Waals surface area contributed by atoms with Crippen LogP contribution in [0.4, 0.5) is 4.39 Å². The molecule has 3 aromatic carbocycles. The van der Waals surface area contributed by atoms with Crippen molar-refractivity contribution in [3.05, 3.63) is 90.2 Å². The minimum Gasteiger partial charge on any atom is -0.435 e. The van der Waals surface area contributed by atoms with Crippen LogP contribution < -0.4 is 5.32 Å². The second-order valence-corrected chi connectivity index (χ2v) is 12.2. The Morgan fingerprint density at radius 1 is 1.00 bits per heavy atom. The van der Waals surface area contributed by atoms with Crippen molar-refractivity contribution in [3.63, 3.8) is 0 Å². The smallest absolute Gasteiger partial charge is 0.308 e. The highest BCUT2D eigenvalue weighted by Gasteiger charge is 2.44. The van der Waals surface area contributed by atoms with Crippen LogP contribution in [0.3, 0.4) is 0 Å². The molecule has 0 aliphatic carbocycles. The number of hydrogen-bond acceptors (Lipinski definition) is 6. The maximum atomic E-state index is 13.7. The van der Waals surface area contributed by atoms with Crippen molar-refractivity contribution in [2.45, 2.75) is 49.1 Å². The average molecular weight is 571 g/mol. The molecule has 2 atom stereocenters. The van der Waals surface area contributed by atoms with E-state index in [1.54, 1.807) is 19.1 Å². The van der Waals surface area contributed by atoms with Crippen molar-refractivity contribution in [3.8, 4) is 11.1 Å². The fraction of sp³-hybridized carbons (Fsp3) is 0.310. The van der Waals surface area contributed by atoms with Gasteiger partial charge in [0.05, 0.1) is 4.90 Å². The maximum absolute atomic E-state index is 13.7. The summed E-state index contributed by atoms with van der Waals surface area (Å²) in [4.78, 5) is 26.2. The summed E-state index contributed by atoms with van der Waals surface area (Å²) in [5.74, 6) is -1.19. The van der Waals surface area contributed by atoms with Crippen molar-refractivity contribution < 1.29 is 27.1 Å². The molecule has 4 rings (SSSR count). The number of amides is 1. The zero-order valence-corrected chi connectivity index (χ0v) is 23.4. The lowest BCUT2D eigenvalue weighted by atomic mass is 9.99. The Labute approximate surface area is 232 Å². The van der Waals surface area contributed by atoms with Crippen LogP contribution in [0.2, 0.25) is 0 Å². The van der Waals surface area contributed by atoms with E-state index in [4.69, 9.17) is 4.74 Å². The van der Waals surface area contributed by atoms with E-state index >= 15 is 0 Å². The number of hydrogen-bond donors (Lipinski definition) is 1. The van der Waals surface area contributed by atoms with E-state index < -0.39 is 38.8 Å². The summed E-state index contributed by atoms with van der Waals surface area (Å²) in [6.45, 7) is 3.71. The van der Waals surface area contributed by atoms with Crippen LogP contribution in [0.5, 0.6) is 0 Å². The highest BCUT2D eigenvalue weighted by atomic mass is 32.2. The molecular formula is C29H31FN2O5S2. The highest BCUT2D eigenvalue weighted by molar-refractivity contribution is 8.02. The van der Waals surface area contributed by atoms with E-state index in [-0.39, 0.29) is 24.3 Å². The number of carbonyl (C=O) groups is 2. The zero-order valence-electron chi connectivity index (χ0n) is 21.8. The summed E-state index contributed by atoms with van der Waals surface area (Å²) in [7, 11) is -4.00. The third-order valence-corrected chi connectivity index (χ3v) is 9.73. The minimum atomic E-state index is -4.00. The number of sulfonamides is 1. The number of rotatable bonds is 10. The Morgan fingerprint density at radius 3 is 2.26 bits per heavy atom. The van der Waals surface area contributed by atoms with Crippen LogP contribution in [0.15, 0.2) is 83.8 Å². The first-order valence-corrected chi connectivity index (χ1v) is 15.3. The molecule has 1 aliphatic heterocycles. The van der Waals surface area contributed by atoms with Gasteiger partial charge in [-0.1, -0.05) is 68.4 Å². The van der Waals surface area contributed by atoms with Crippen LogP contribution in [0.1, 0.15) is 38.7 Å². The molecule has 206 valence electrons. The summed E-state index contributed by atoms with van der Waals surface area (Å²) >= 11 is 1.19. The summed E-state index contributed by atoms with van der Waals surface area (Å²) < 4.78 is 47.8. The Bertz CT molecular complexity index is 1400. The molecule has 3 aromatic rings. The van der Waals surface area contributed by atoms with E-state index in [2.05, 4.69) is 5.32 Å². The van der Waals surface area contributed by atoms with E-state index in [1.165, 1.54) is 52.5 Å². The predicted octanol–water partition coefficient (Wildman–Crippen LogP) is 5.28. The van der Waals surface area contributed by atoms with Crippen LogP contribution in [0, 0.1) is 5.82 Å². The lowest BCUT2D eigenvalue weighted by Gasteiger charge is -2.35. The molecule has 1 heterocycles. The van der Waals surface area contributed by atoms with Crippen molar-refractivity contribution in [1.29, 1.82) is 0 Å². The fourth-order valence-electron chi connectivity index (χ4n) is 4.44. The molecule has 0 aromatic heterocycles. The highest BCUT2D eigenvalue weighted by Crippen LogP contribution is 2.34. The third kappa shape index (κ3) is 6.34. The number of halogens is 1. The zero-order chi connectivity index (χ0) is 28.0. The molecule has 1 fully saturated rings. The summed E-state index contributed by atoms with van der Waals surface area (Å²) in [6, 6.07) is 21.5. The molecule has 0 saturated carbocycles. The Morgan fingerprint density at radius 2 is 1.64 bits per heavy atom. The van der Waals surface area contributed by atoms with Gasteiger partial charge in [0.25, 0.3) is 5.91 Å². The second kappa shape index (κ2) is 12.3. The lowest BCUT2D eigenvalue weighted by Crippen LogP contribution is -2.54. The Hall–Kier alpha value is -3.21. The van der Waals surface area contributed by atoms with Gasteiger partial charge >= 0.3 is 5.97 Å². The number of nitrogens with one attached hydrogen (secondary N) is 1. The third-order valence-electron chi connectivity index (χ3n) is 6.52. The van der Waals surface area contributed by atoms with Crippen molar-refractivity contribution in [2.24, 2.45) is 0 Å². The molecule has 39 heavy (non-hydrogen) atoms. The second-order valence-electron chi connectivity index (χ2n) is 9.13. The van der Waals surface area contributed by atoms with Gasteiger partial charge in [0, 0.05) is 30.7 Å². The predicted molar refractivity (Wildman–Crippen MR) is 150 cm³/mol. The molecule has 1 aliphatic rings. The van der Waals surface area contributed by atoms with Gasteiger partial charge in [0.2, 0.25) is 15.7 Å². The Balaban J connectivity index is 1.60. The molecular weight excluding hydrogens is 539 g/mol. The topological polar surface area (TPSA) is 92.8 Å². The van der Waals surface area contributed by atoms with Crippen LogP contribution in [-0.2, 0) is 30.1 Å². The van der Waals surface area contributed by atoms with Gasteiger partial charge < -0.3 is 10.1 Å². The lowest BCUT2D eigenvalue weighted by molar-refractivity contribution is -0.168. The molecule has 0 bridgehead atoms. The van der Waals surface area contributed by atoms with Gasteiger partial charge in [0.15, 0.2) is 0 Å². The van der Waals surface area contributed by atoms with Gasteiger partial charge in [-0.05, 0) is 41.8 Å². The number of nitrogens with zero attached hydrogens (tertiary/aromatic N) is 1. The van der Waals surface area contributed by atoms with Gasteiger partial charge in [-0.3, -0.25) is 9.59 Å². The van der Waals surface area contributed by atoms with Gasteiger partial charge in [-0.25, -0.2) is 12.8 Å². The average Bonchev–Trinajstić information content (AvgIpc) is 3.45. The summed E-state index contributed by atoms with van der Waals surface area (Å²) in [6.07, 6.45) is 0.838. The van der Waals surface area contributed by atoms with Gasteiger partial charge in [0.1, 0.15) is 11.2 Å².